The van der Waals surface area contributed by atoms with E-state index in [0.29, 0.717) is 0 Å². The van der Waals surface area contributed by atoms with Gasteiger partial charge >= 0.3 is 0 Å². The van der Waals surface area contributed by atoms with Gasteiger partial charge in [-0.25, -0.2) is 0 Å². The lowest BCUT2D eigenvalue weighted by Crippen LogP contribution is -2.39. The number of nitrogens with zero attached hydrogens (tertiary/aromatic N) is 3. The van der Waals surface area contributed by atoms with Crippen LogP contribution >= 0.6 is 24.0 Å². The molecule has 0 saturated carbocycles. The molecule has 4 nitrogen and oxygen atoms in total. The second-order valence-electron chi connectivity index (χ2n) is 6.58. The van der Waals surface area contributed by atoms with E-state index in [4.69, 9.17) is 4.99 Å². The van der Waals surface area contributed by atoms with Crippen LogP contribution in [0.3, 0.4) is 0 Å². The van der Waals surface area contributed by atoms with Crippen LogP contribution in [0.15, 0.2) is 29.3 Å². The molecule has 1 saturated heterocycles. The number of rotatable bonds is 5. The Morgan fingerprint density at radius 3 is 2.62 bits per heavy atom. The van der Waals surface area contributed by atoms with Crippen molar-refractivity contribution in [2.45, 2.75) is 39.2 Å². The molecular formula is C19H31IN4. The number of likely N-dealkylation sites (tertiary alicyclic amines) is 1. The fourth-order valence-corrected chi connectivity index (χ4v) is 3.58. The average molecular weight is 442 g/mol. The van der Waals surface area contributed by atoms with E-state index in [2.05, 4.69) is 46.3 Å². The highest BCUT2D eigenvalue weighted by Crippen LogP contribution is 2.18. The summed E-state index contributed by atoms with van der Waals surface area (Å²) in [5.74, 6) is 1.12. The van der Waals surface area contributed by atoms with E-state index >= 15 is 0 Å². The molecule has 0 amide bonds. The predicted molar refractivity (Wildman–Crippen MR) is 112 cm³/mol. The normalized spacial score (nSPS) is 18.2. The van der Waals surface area contributed by atoms with E-state index in [0.717, 1.165) is 51.6 Å². The van der Waals surface area contributed by atoms with Gasteiger partial charge in [0.1, 0.15) is 0 Å². The van der Waals surface area contributed by atoms with E-state index < -0.39 is 0 Å². The summed E-state index contributed by atoms with van der Waals surface area (Å²) < 4.78 is 0. The highest BCUT2D eigenvalue weighted by Gasteiger charge is 2.16. The fourth-order valence-electron chi connectivity index (χ4n) is 3.58. The van der Waals surface area contributed by atoms with Gasteiger partial charge in [-0.3, -0.25) is 9.89 Å². The van der Waals surface area contributed by atoms with Crippen LogP contribution < -0.4 is 5.32 Å². The zero-order valence-corrected chi connectivity index (χ0v) is 17.2. The molecule has 0 unspecified atom stereocenters. The molecule has 0 aliphatic carbocycles. The molecular weight excluding hydrogens is 411 g/mol. The Kier molecular flexibility index (Phi) is 8.32. The van der Waals surface area contributed by atoms with Crippen molar-refractivity contribution < 1.29 is 0 Å². The number of hydrogen-bond donors (Lipinski definition) is 1. The Bertz CT molecular complexity index is 526. The SMILES string of the molecule is CCNC(=NCCCN1CCc2ccccc2C1)N1CCCC1.I. The summed E-state index contributed by atoms with van der Waals surface area (Å²) in [6, 6.07) is 8.86. The molecule has 1 fully saturated rings. The summed E-state index contributed by atoms with van der Waals surface area (Å²) in [5, 5.41) is 3.44. The van der Waals surface area contributed by atoms with Gasteiger partial charge in [-0.15, -0.1) is 24.0 Å². The maximum absolute atomic E-state index is 4.83. The van der Waals surface area contributed by atoms with Gasteiger partial charge in [0.25, 0.3) is 0 Å². The molecule has 2 aliphatic heterocycles. The average Bonchev–Trinajstić information content (AvgIpc) is 3.12. The van der Waals surface area contributed by atoms with Crippen molar-refractivity contribution in [1.82, 2.24) is 15.1 Å². The molecule has 0 spiro atoms. The van der Waals surface area contributed by atoms with Crippen LogP contribution in [0, 0.1) is 0 Å². The Morgan fingerprint density at radius 2 is 1.88 bits per heavy atom. The Balaban J connectivity index is 0.00000208. The fraction of sp³-hybridized carbons (Fsp3) is 0.632. The van der Waals surface area contributed by atoms with Crippen molar-refractivity contribution in [2.24, 2.45) is 4.99 Å². The summed E-state index contributed by atoms with van der Waals surface area (Å²) >= 11 is 0. The van der Waals surface area contributed by atoms with Crippen LogP contribution in [-0.4, -0.2) is 55.0 Å². The first kappa shape index (κ1) is 19.5. The molecule has 1 aromatic rings. The minimum absolute atomic E-state index is 0. The number of nitrogens with one attached hydrogen (secondary N) is 1. The zero-order valence-electron chi connectivity index (χ0n) is 14.8. The molecule has 2 aliphatic rings. The second-order valence-corrected chi connectivity index (χ2v) is 6.58. The number of benzene rings is 1. The summed E-state index contributed by atoms with van der Waals surface area (Å²) in [4.78, 5) is 9.80. The molecule has 0 atom stereocenters. The van der Waals surface area contributed by atoms with Gasteiger partial charge in [-0.1, -0.05) is 24.3 Å². The topological polar surface area (TPSA) is 30.9 Å². The largest absolute Gasteiger partial charge is 0.357 e. The number of halogens is 1. The smallest absolute Gasteiger partial charge is 0.193 e. The molecule has 2 heterocycles. The molecule has 5 heteroatoms. The Labute approximate surface area is 163 Å². The van der Waals surface area contributed by atoms with Crippen LogP contribution in [-0.2, 0) is 13.0 Å². The highest BCUT2D eigenvalue weighted by molar-refractivity contribution is 14.0. The minimum Gasteiger partial charge on any atom is -0.357 e. The lowest BCUT2D eigenvalue weighted by molar-refractivity contribution is 0.252. The van der Waals surface area contributed by atoms with Crippen molar-refractivity contribution in [3.8, 4) is 0 Å². The predicted octanol–water partition coefficient (Wildman–Crippen LogP) is 3.11. The third kappa shape index (κ3) is 5.34. The molecule has 134 valence electrons. The molecule has 0 bridgehead atoms. The van der Waals surface area contributed by atoms with Crippen molar-refractivity contribution in [2.75, 3.05) is 39.3 Å². The summed E-state index contributed by atoms with van der Waals surface area (Å²) in [6.45, 7) is 9.80. The first-order valence-corrected chi connectivity index (χ1v) is 9.19. The number of hydrogen-bond acceptors (Lipinski definition) is 2. The molecule has 0 aromatic heterocycles. The standard InChI is InChI=1S/C19H30N4.HI/c1-2-20-19(23-13-5-6-14-23)21-11-7-12-22-15-10-17-8-3-4-9-18(17)16-22;/h3-4,8-9H,2,5-7,10-16H2,1H3,(H,20,21);1H. The van der Waals surface area contributed by atoms with Crippen LogP contribution in [0.25, 0.3) is 0 Å². The lowest BCUT2D eigenvalue weighted by Gasteiger charge is -2.28. The molecule has 0 radical (unpaired) electrons. The van der Waals surface area contributed by atoms with Crippen LogP contribution in [0.5, 0.6) is 0 Å². The van der Waals surface area contributed by atoms with Crippen molar-refractivity contribution >= 4 is 29.9 Å². The van der Waals surface area contributed by atoms with E-state index in [1.54, 1.807) is 0 Å². The monoisotopic (exact) mass is 442 g/mol. The maximum Gasteiger partial charge on any atom is 0.193 e. The van der Waals surface area contributed by atoms with Crippen LogP contribution in [0.2, 0.25) is 0 Å². The lowest BCUT2D eigenvalue weighted by atomic mass is 10.00. The van der Waals surface area contributed by atoms with Crippen LogP contribution in [0.1, 0.15) is 37.3 Å². The quantitative estimate of drug-likeness (QED) is 0.329. The van der Waals surface area contributed by atoms with Crippen molar-refractivity contribution in [1.29, 1.82) is 0 Å². The molecule has 3 rings (SSSR count). The van der Waals surface area contributed by atoms with Gasteiger partial charge in [0.2, 0.25) is 0 Å². The van der Waals surface area contributed by atoms with Crippen molar-refractivity contribution in [3.05, 3.63) is 35.4 Å². The van der Waals surface area contributed by atoms with Gasteiger partial charge in [-0.05, 0) is 43.7 Å². The van der Waals surface area contributed by atoms with E-state index in [9.17, 15) is 0 Å². The first-order chi connectivity index (χ1) is 11.4. The summed E-state index contributed by atoms with van der Waals surface area (Å²) in [6.07, 6.45) is 4.94. The van der Waals surface area contributed by atoms with E-state index in [1.807, 2.05) is 0 Å². The van der Waals surface area contributed by atoms with Gasteiger partial charge in [0.15, 0.2) is 5.96 Å². The Hall–Kier alpha value is -0.820. The number of fused-ring (bicyclic) bond motifs is 1. The van der Waals surface area contributed by atoms with E-state index in [-0.39, 0.29) is 24.0 Å². The number of aliphatic imine (C=N–C) groups is 1. The minimum atomic E-state index is 0. The molecule has 24 heavy (non-hydrogen) atoms. The number of guanidine groups is 1. The molecule has 1 N–H and O–H groups in total. The van der Waals surface area contributed by atoms with Gasteiger partial charge < -0.3 is 10.2 Å². The highest BCUT2D eigenvalue weighted by atomic mass is 127. The van der Waals surface area contributed by atoms with Crippen molar-refractivity contribution in [3.63, 3.8) is 0 Å². The maximum atomic E-state index is 4.83. The summed E-state index contributed by atoms with van der Waals surface area (Å²) in [7, 11) is 0. The Morgan fingerprint density at radius 1 is 1.12 bits per heavy atom. The van der Waals surface area contributed by atoms with Gasteiger partial charge in [0, 0.05) is 45.8 Å². The van der Waals surface area contributed by atoms with Gasteiger partial charge in [0.05, 0.1) is 0 Å². The second kappa shape index (κ2) is 10.2. The molecule has 1 aromatic carbocycles. The third-order valence-corrected chi connectivity index (χ3v) is 4.84. The summed E-state index contributed by atoms with van der Waals surface area (Å²) in [5.41, 5.74) is 3.04. The van der Waals surface area contributed by atoms with Gasteiger partial charge in [-0.2, -0.15) is 0 Å². The van der Waals surface area contributed by atoms with Crippen LogP contribution in [0.4, 0.5) is 0 Å². The van der Waals surface area contributed by atoms with E-state index in [1.165, 1.54) is 36.9 Å². The first-order valence-electron chi connectivity index (χ1n) is 9.19. The third-order valence-electron chi connectivity index (χ3n) is 4.84. The zero-order chi connectivity index (χ0) is 15.9.